The molecule has 0 aromatic carbocycles. The molecule has 0 N–H and O–H groups in total. The van der Waals surface area contributed by atoms with E-state index in [0.29, 0.717) is 24.8 Å². The van der Waals surface area contributed by atoms with E-state index in [0.717, 1.165) is 32.0 Å². The molecule has 1 aromatic heterocycles. The molecule has 2 aliphatic carbocycles. The minimum absolute atomic E-state index is 0.0738. The number of hydrogen-bond acceptors (Lipinski definition) is 5. The molecule has 1 aliphatic heterocycles. The zero-order valence-corrected chi connectivity index (χ0v) is 12.6. The molecule has 1 aromatic rings. The van der Waals surface area contributed by atoms with Crippen molar-refractivity contribution < 1.29 is 18.8 Å². The Morgan fingerprint density at radius 2 is 2.18 bits per heavy atom. The van der Waals surface area contributed by atoms with Gasteiger partial charge < -0.3 is 18.9 Å². The molecule has 0 radical (unpaired) electrons. The number of rotatable bonds is 5. The Balaban J connectivity index is 1.36. The summed E-state index contributed by atoms with van der Waals surface area (Å²) in [7, 11) is 0. The summed E-state index contributed by atoms with van der Waals surface area (Å²) >= 11 is 0. The number of carbonyl (C=O) groups excluding carboxylic acids is 1. The fraction of sp³-hybridized carbons (Fsp3) is 0.750. The monoisotopic (exact) mass is 306 g/mol. The van der Waals surface area contributed by atoms with Gasteiger partial charge in [-0.05, 0) is 37.5 Å². The zero-order valence-electron chi connectivity index (χ0n) is 12.6. The molecule has 3 unspecified atom stereocenters. The van der Waals surface area contributed by atoms with Gasteiger partial charge >= 0.3 is 0 Å². The Kier molecular flexibility index (Phi) is 3.88. The van der Waals surface area contributed by atoms with Crippen LogP contribution in [0.25, 0.3) is 0 Å². The molecule has 3 aliphatic rings. The number of ether oxygens (including phenoxy) is 2. The van der Waals surface area contributed by atoms with Crippen molar-refractivity contribution in [3.8, 4) is 0 Å². The molecule has 0 bridgehead atoms. The van der Waals surface area contributed by atoms with E-state index in [1.807, 2.05) is 4.90 Å². The van der Waals surface area contributed by atoms with Crippen LogP contribution < -0.4 is 0 Å². The van der Waals surface area contributed by atoms with Crippen LogP contribution in [-0.2, 0) is 9.47 Å². The second-order valence-corrected chi connectivity index (χ2v) is 6.67. The van der Waals surface area contributed by atoms with Gasteiger partial charge in [-0.15, -0.1) is 0 Å². The van der Waals surface area contributed by atoms with Gasteiger partial charge in [0.25, 0.3) is 5.91 Å². The third-order valence-corrected chi connectivity index (χ3v) is 4.95. The molecule has 6 heteroatoms. The van der Waals surface area contributed by atoms with Gasteiger partial charge in [0.2, 0.25) is 5.76 Å². The van der Waals surface area contributed by atoms with E-state index in [9.17, 15) is 4.79 Å². The Labute approximate surface area is 129 Å². The van der Waals surface area contributed by atoms with Gasteiger partial charge in [-0.2, -0.15) is 0 Å². The molecule has 4 rings (SSSR count). The fourth-order valence-electron chi connectivity index (χ4n) is 3.59. The first kappa shape index (κ1) is 14.2. The van der Waals surface area contributed by atoms with Crippen molar-refractivity contribution in [1.82, 2.24) is 10.1 Å². The van der Waals surface area contributed by atoms with Crippen LogP contribution in [0.5, 0.6) is 0 Å². The molecule has 3 atom stereocenters. The van der Waals surface area contributed by atoms with Crippen molar-refractivity contribution in [3.63, 3.8) is 0 Å². The van der Waals surface area contributed by atoms with Crippen LogP contribution in [0, 0.1) is 11.8 Å². The van der Waals surface area contributed by atoms with E-state index in [4.69, 9.17) is 14.0 Å². The number of nitrogens with zero attached hydrogens (tertiary/aromatic N) is 2. The average Bonchev–Trinajstić information content (AvgIpc) is 3.04. The molecule has 1 amide bonds. The summed E-state index contributed by atoms with van der Waals surface area (Å²) in [6, 6.07) is 1.76. The van der Waals surface area contributed by atoms with Crippen LogP contribution in [0.15, 0.2) is 16.8 Å². The number of amides is 1. The maximum atomic E-state index is 12.5. The van der Waals surface area contributed by atoms with Crippen LogP contribution in [0.4, 0.5) is 0 Å². The molecule has 1 saturated heterocycles. The third-order valence-electron chi connectivity index (χ3n) is 4.95. The smallest absolute Gasteiger partial charge is 0.292 e. The first-order valence-electron chi connectivity index (χ1n) is 8.22. The number of fused-ring (bicyclic) bond motifs is 1. The minimum Gasteiger partial charge on any atom is -0.381 e. The average molecular weight is 306 g/mol. The van der Waals surface area contributed by atoms with E-state index in [1.165, 1.54) is 19.0 Å². The van der Waals surface area contributed by atoms with E-state index in [-0.39, 0.29) is 18.1 Å². The van der Waals surface area contributed by atoms with Crippen LogP contribution in [-0.4, -0.2) is 54.5 Å². The normalized spacial score (nSPS) is 31.3. The summed E-state index contributed by atoms with van der Waals surface area (Å²) in [6.45, 7) is 2.90. The first-order chi connectivity index (χ1) is 10.8. The Hall–Kier alpha value is -1.40. The second-order valence-electron chi connectivity index (χ2n) is 6.67. The summed E-state index contributed by atoms with van der Waals surface area (Å²) in [5.74, 6) is 1.52. The summed E-state index contributed by atoms with van der Waals surface area (Å²) in [6.07, 6.45) is 6.21. The van der Waals surface area contributed by atoms with Crippen molar-refractivity contribution in [2.45, 2.75) is 37.8 Å². The lowest BCUT2D eigenvalue weighted by Gasteiger charge is -2.37. The van der Waals surface area contributed by atoms with E-state index in [2.05, 4.69) is 5.16 Å². The van der Waals surface area contributed by atoms with Crippen LogP contribution in [0.1, 0.15) is 36.2 Å². The number of carbonyl (C=O) groups is 1. The highest BCUT2D eigenvalue weighted by molar-refractivity contribution is 5.91. The molecule has 2 saturated carbocycles. The number of hydrogen-bond donors (Lipinski definition) is 0. The van der Waals surface area contributed by atoms with Crippen LogP contribution in [0.2, 0.25) is 0 Å². The molecule has 0 spiro atoms. The fourth-order valence-corrected chi connectivity index (χ4v) is 3.59. The molecule has 2 heterocycles. The van der Waals surface area contributed by atoms with E-state index < -0.39 is 0 Å². The maximum absolute atomic E-state index is 12.5. The van der Waals surface area contributed by atoms with Gasteiger partial charge in [0, 0.05) is 25.8 Å². The van der Waals surface area contributed by atoms with E-state index in [1.54, 1.807) is 6.07 Å². The van der Waals surface area contributed by atoms with Gasteiger partial charge in [0.05, 0.1) is 24.9 Å². The lowest BCUT2D eigenvalue weighted by Crippen LogP contribution is -2.51. The van der Waals surface area contributed by atoms with Gasteiger partial charge in [0.1, 0.15) is 0 Å². The number of aromatic nitrogens is 1. The van der Waals surface area contributed by atoms with Crippen LogP contribution >= 0.6 is 0 Å². The van der Waals surface area contributed by atoms with Crippen molar-refractivity contribution in [1.29, 1.82) is 0 Å². The molecular weight excluding hydrogens is 284 g/mol. The summed E-state index contributed by atoms with van der Waals surface area (Å²) in [5.41, 5.74) is 0. The highest BCUT2D eigenvalue weighted by Crippen LogP contribution is 2.36. The SMILES string of the molecule is O=C(c1ccno1)N1CCOC2CC(COCC3CC3)CC21. The van der Waals surface area contributed by atoms with Crippen molar-refractivity contribution in [2.75, 3.05) is 26.4 Å². The van der Waals surface area contributed by atoms with Crippen LogP contribution in [0.3, 0.4) is 0 Å². The van der Waals surface area contributed by atoms with Crippen molar-refractivity contribution in [3.05, 3.63) is 18.0 Å². The van der Waals surface area contributed by atoms with Gasteiger partial charge in [-0.3, -0.25) is 4.79 Å². The van der Waals surface area contributed by atoms with Crippen molar-refractivity contribution >= 4 is 5.91 Å². The molecular formula is C16H22N2O4. The molecule has 22 heavy (non-hydrogen) atoms. The molecule has 120 valence electrons. The van der Waals surface area contributed by atoms with E-state index >= 15 is 0 Å². The predicted molar refractivity (Wildman–Crippen MR) is 77.3 cm³/mol. The summed E-state index contributed by atoms with van der Waals surface area (Å²) in [4.78, 5) is 14.4. The number of morpholine rings is 1. The maximum Gasteiger partial charge on any atom is 0.292 e. The Morgan fingerprint density at radius 1 is 1.32 bits per heavy atom. The third kappa shape index (κ3) is 2.90. The topological polar surface area (TPSA) is 64.8 Å². The standard InChI is InChI=1S/C16H22N2O4/c19-16(14-3-4-17-22-14)18-5-6-21-15-8-12(7-13(15)18)10-20-9-11-1-2-11/h3-4,11-13,15H,1-2,5-10H2. The molecule has 6 nitrogen and oxygen atoms in total. The predicted octanol–water partition coefficient (Wildman–Crippen LogP) is 1.72. The first-order valence-corrected chi connectivity index (χ1v) is 8.22. The quantitative estimate of drug-likeness (QED) is 0.829. The largest absolute Gasteiger partial charge is 0.381 e. The lowest BCUT2D eigenvalue weighted by molar-refractivity contribution is -0.0460. The second kappa shape index (κ2) is 6.01. The Bertz CT molecular complexity index is 514. The Morgan fingerprint density at radius 3 is 2.95 bits per heavy atom. The van der Waals surface area contributed by atoms with Gasteiger partial charge in [0.15, 0.2) is 0 Å². The highest BCUT2D eigenvalue weighted by atomic mass is 16.5. The molecule has 3 fully saturated rings. The van der Waals surface area contributed by atoms with Gasteiger partial charge in [-0.25, -0.2) is 0 Å². The van der Waals surface area contributed by atoms with Crippen molar-refractivity contribution in [2.24, 2.45) is 11.8 Å². The summed E-state index contributed by atoms with van der Waals surface area (Å²) < 4.78 is 16.7. The zero-order chi connectivity index (χ0) is 14.9. The highest BCUT2D eigenvalue weighted by Gasteiger charge is 2.43. The summed E-state index contributed by atoms with van der Waals surface area (Å²) in [5, 5.41) is 3.63. The minimum atomic E-state index is -0.0738. The van der Waals surface area contributed by atoms with Gasteiger partial charge in [-0.1, -0.05) is 5.16 Å². The lowest BCUT2D eigenvalue weighted by atomic mass is 10.1.